The lowest BCUT2D eigenvalue weighted by Crippen LogP contribution is -2.42. The second-order valence-corrected chi connectivity index (χ2v) is 6.28. The van der Waals surface area contributed by atoms with E-state index in [0.717, 1.165) is 5.56 Å². The molecule has 0 radical (unpaired) electrons. The Morgan fingerprint density at radius 3 is 2.54 bits per heavy atom. The van der Waals surface area contributed by atoms with Crippen LogP contribution < -0.4 is 5.73 Å². The van der Waals surface area contributed by atoms with E-state index in [4.69, 9.17) is 5.73 Å². The summed E-state index contributed by atoms with van der Waals surface area (Å²) in [5.74, 6) is -2.66. The van der Waals surface area contributed by atoms with E-state index in [-0.39, 0.29) is 37.8 Å². The van der Waals surface area contributed by atoms with Crippen molar-refractivity contribution >= 4 is 17.5 Å². The van der Waals surface area contributed by atoms with E-state index >= 15 is 0 Å². The summed E-state index contributed by atoms with van der Waals surface area (Å²) in [5, 5.41) is 7.74. The highest BCUT2D eigenvalue weighted by molar-refractivity contribution is 5.94. The highest BCUT2D eigenvalue weighted by Gasteiger charge is 2.35. The van der Waals surface area contributed by atoms with Gasteiger partial charge in [-0.25, -0.2) is 13.8 Å². The van der Waals surface area contributed by atoms with Gasteiger partial charge >= 0.3 is 0 Å². The smallest absolute Gasteiger partial charge is 0.253 e. The normalized spacial score (nSPS) is 16.8. The number of likely N-dealkylation sites (tertiary alicyclic amines) is 1. The maximum atomic E-state index is 13.2. The first-order valence-corrected chi connectivity index (χ1v) is 8.17. The molecule has 1 aliphatic rings. The summed E-state index contributed by atoms with van der Waals surface area (Å²) in [6, 6.07) is 8.57. The fourth-order valence-electron chi connectivity index (χ4n) is 3.00. The lowest BCUT2D eigenvalue weighted by Gasteiger charge is -2.31. The Labute approximate surface area is 147 Å². The minimum Gasteiger partial charge on any atom is -0.369 e. The average molecular weight is 358 g/mol. The van der Waals surface area contributed by atoms with Crippen LogP contribution in [0.25, 0.3) is 16.9 Å². The zero-order valence-corrected chi connectivity index (χ0v) is 13.8. The lowest BCUT2D eigenvalue weighted by molar-refractivity contribution is -0.0494. The van der Waals surface area contributed by atoms with Crippen molar-refractivity contribution in [3.63, 3.8) is 0 Å². The van der Waals surface area contributed by atoms with Gasteiger partial charge in [-0.3, -0.25) is 9.20 Å². The number of amides is 1. The molecule has 3 aromatic rings. The van der Waals surface area contributed by atoms with Gasteiger partial charge in [0.1, 0.15) is 6.33 Å². The minimum atomic E-state index is -2.67. The molecule has 0 atom stereocenters. The summed E-state index contributed by atoms with van der Waals surface area (Å²) in [5.41, 5.74) is 8.29. The molecule has 1 amide bonds. The van der Waals surface area contributed by atoms with Crippen LogP contribution in [0.4, 0.5) is 14.7 Å². The summed E-state index contributed by atoms with van der Waals surface area (Å²) in [6.45, 7) is 0.129. The van der Waals surface area contributed by atoms with Crippen LogP contribution in [0.5, 0.6) is 0 Å². The van der Waals surface area contributed by atoms with Crippen LogP contribution in [0.1, 0.15) is 23.2 Å². The van der Waals surface area contributed by atoms with Crippen molar-refractivity contribution in [2.45, 2.75) is 18.8 Å². The number of nitrogens with zero attached hydrogens (tertiary/aromatic N) is 5. The number of nitrogens with two attached hydrogens (primary N) is 1. The Morgan fingerprint density at radius 2 is 1.85 bits per heavy atom. The second-order valence-electron chi connectivity index (χ2n) is 6.28. The van der Waals surface area contributed by atoms with Crippen LogP contribution in [-0.4, -0.2) is 49.4 Å². The van der Waals surface area contributed by atoms with Gasteiger partial charge in [-0.05, 0) is 12.1 Å². The third-order valence-electron chi connectivity index (χ3n) is 4.53. The van der Waals surface area contributed by atoms with E-state index in [1.54, 1.807) is 34.7 Å². The van der Waals surface area contributed by atoms with Gasteiger partial charge in [0.25, 0.3) is 11.8 Å². The summed E-state index contributed by atoms with van der Waals surface area (Å²) in [7, 11) is 0. The maximum Gasteiger partial charge on any atom is 0.253 e. The SMILES string of the molecule is Nc1nc(-c2ccc(C(=O)N3CCC(F)(F)CC3)cc2)cc2nncn12. The molecule has 1 aliphatic heterocycles. The number of fused-ring (bicyclic) bond motifs is 1. The van der Waals surface area contributed by atoms with E-state index in [1.165, 1.54) is 11.2 Å². The Bertz CT molecular complexity index is 959. The fraction of sp³-hybridized carbons (Fsp3) is 0.294. The molecule has 0 saturated carbocycles. The molecule has 2 N–H and O–H groups in total. The van der Waals surface area contributed by atoms with E-state index in [2.05, 4.69) is 15.2 Å². The first kappa shape index (κ1) is 16.4. The van der Waals surface area contributed by atoms with Crippen LogP contribution in [0, 0.1) is 0 Å². The van der Waals surface area contributed by atoms with Gasteiger partial charge in [-0.15, -0.1) is 10.2 Å². The molecule has 0 spiro atoms. The third kappa shape index (κ3) is 2.96. The number of anilines is 1. The molecule has 1 saturated heterocycles. The monoisotopic (exact) mass is 358 g/mol. The van der Waals surface area contributed by atoms with Crippen molar-refractivity contribution in [2.75, 3.05) is 18.8 Å². The molecule has 2 aromatic heterocycles. The Kier molecular flexibility index (Phi) is 3.78. The number of benzene rings is 1. The number of aromatic nitrogens is 4. The topological polar surface area (TPSA) is 89.4 Å². The summed E-state index contributed by atoms with van der Waals surface area (Å²) >= 11 is 0. The predicted octanol–water partition coefficient (Wildman–Crippen LogP) is 2.24. The molecule has 134 valence electrons. The molecule has 9 heteroatoms. The zero-order valence-electron chi connectivity index (χ0n) is 13.8. The van der Waals surface area contributed by atoms with Gasteiger partial charge in [0.15, 0.2) is 5.65 Å². The molecule has 3 heterocycles. The maximum absolute atomic E-state index is 13.2. The molecule has 26 heavy (non-hydrogen) atoms. The van der Waals surface area contributed by atoms with Crippen molar-refractivity contribution in [3.05, 3.63) is 42.2 Å². The highest BCUT2D eigenvalue weighted by Crippen LogP contribution is 2.28. The van der Waals surface area contributed by atoms with Crippen LogP contribution in [0.2, 0.25) is 0 Å². The Morgan fingerprint density at radius 1 is 1.15 bits per heavy atom. The predicted molar refractivity (Wildman–Crippen MR) is 90.7 cm³/mol. The van der Waals surface area contributed by atoms with Crippen molar-refractivity contribution in [3.8, 4) is 11.3 Å². The molecule has 0 aliphatic carbocycles. The average Bonchev–Trinajstić information content (AvgIpc) is 3.10. The van der Waals surface area contributed by atoms with Crippen LogP contribution >= 0.6 is 0 Å². The Balaban J connectivity index is 1.55. The van der Waals surface area contributed by atoms with Crippen LogP contribution in [0.15, 0.2) is 36.7 Å². The van der Waals surface area contributed by atoms with Crippen molar-refractivity contribution in [2.24, 2.45) is 0 Å². The third-order valence-corrected chi connectivity index (χ3v) is 4.53. The van der Waals surface area contributed by atoms with Crippen molar-refractivity contribution in [1.29, 1.82) is 0 Å². The van der Waals surface area contributed by atoms with E-state index in [0.29, 0.717) is 16.9 Å². The molecule has 1 fully saturated rings. The number of carbonyl (C=O) groups is 1. The van der Waals surface area contributed by atoms with E-state index < -0.39 is 5.92 Å². The zero-order chi connectivity index (χ0) is 18.3. The molecule has 0 bridgehead atoms. The number of hydrogen-bond donors (Lipinski definition) is 1. The number of hydrogen-bond acceptors (Lipinski definition) is 5. The van der Waals surface area contributed by atoms with Gasteiger partial charge in [0.2, 0.25) is 5.95 Å². The van der Waals surface area contributed by atoms with Crippen LogP contribution in [0.3, 0.4) is 0 Å². The number of piperidine rings is 1. The van der Waals surface area contributed by atoms with Gasteiger partial charge in [-0.2, -0.15) is 0 Å². The highest BCUT2D eigenvalue weighted by atomic mass is 19.3. The quantitative estimate of drug-likeness (QED) is 0.759. The summed E-state index contributed by atoms with van der Waals surface area (Å²) < 4.78 is 28.0. The van der Waals surface area contributed by atoms with Crippen molar-refractivity contribution < 1.29 is 13.6 Å². The summed E-state index contributed by atoms with van der Waals surface area (Å²) in [6.07, 6.45) is 0.891. The minimum absolute atomic E-state index is 0.0647. The summed E-state index contributed by atoms with van der Waals surface area (Å²) in [4.78, 5) is 18.2. The molecule has 1 aromatic carbocycles. The largest absolute Gasteiger partial charge is 0.369 e. The molecular weight excluding hydrogens is 342 g/mol. The molecule has 0 unspecified atom stereocenters. The number of nitrogen functional groups attached to an aromatic ring is 1. The van der Waals surface area contributed by atoms with Gasteiger partial charge in [0.05, 0.1) is 5.69 Å². The first-order valence-electron chi connectivity index (χ1n) is 8.17. The number of halogens is 2. The van der Waals surface area contributed by atoms with Gasteiger partial charge in [0, 0.05) is 43.1 Å². The van der Waals surface area contributed by atoms with Crippen LogP contribution in [-0.2, 0) is 0 Å². The first-order chi connectivity index (χ1) is 12.4. The molecule has 7 nitrogen and oxygen atoms in total. The number of rotatable bonds is 2. The second kappa shape index (κ2) is 6.01. The number of carbonyl (C=O) groups excluding carboxylic acids is 1. The van der Waals surface area contributed by atoms with Gasteiger partial charge in [-0.1, -0.05) is 12.1 Å². The van der Waals surface area contributed by atoms with E-state index in [1.807, 2.05) is 0 Å². The molecule has 4 rings (SSSR count). The lowest BCUT2D eigenvalue weighted by atomic mass is 10.0. The molecular formula is C17H16F2N6O. The standard InChI is InChI=1S/C17H16F2N6O/c18-17(19)5-7-24(8-6-17)15(26)12-3-1-11(2-4-12)13-9-14-23-21-10-25(14)16(20)22-13/h1-4,9-10H,5-8H2,(H2,20,22). The van der Waals surface area contributed by atoms with Crippen molar-refractivity contribution in [1.82, 2.24) is 24.5 Å². The fourth-order valence-corrected chi connectivity index (χ4v) is 3.00. The number of alkyl halides is 2. The Hall–Kier alpha value is -3.10. The van der Waals surface area contributed by atoms with E-state index in [9.17, 15) is 13.6 Å². The van der Waals surface area contributed by atoms with Gasteiger partial charge < -0.3 is 10.6 Å².